The number of anilines is 3. The van der Waals surface area contributed by atoms with E-state index < -0.39 is 23.7 Å². The summed E-state index contributed by atoms with van der Waals surface area (Å²) in [6, 6.07) is -0.560. The topological polar surface area (TPSA) is 117 Å². The Morgan fingerprint density at radius 3 is 2.75 bits per heavy atom. The normalized spacial score (nSPS) is 24.0. The molecule has 32 heavy (non-hydrogen) atoms. The van der Waals surface area contributed by atoms with E-state index >= 15 is 0 Å². The van der Waals surface area contributed by atoms with Gasteiger partial charge in [0.2, 0.25) is 11.9 Å². The lowest BCUT2D eigenvalue weighted by Crippen LogP contribution is -2.44. The third-order valence-electron chi connectivity index (χ3n) is 5.78. The molecule has 0 spiro atoms. The van der Waals surface area contributed by atoms with E-state index in [1.54, 1.807) is 10.9 Å². The number of rotatable bonds is 8. The summed E-state index contributed by atoms with van der Waals surface area (Å²) in [5, 5.41) is 21.5. The molecule has 0 aliphatic heterocycles. The van der Waals surface area contributed by atoms with Crippen LogP contribution in [0.15, 0.2) is 30.7 Å². The Morgan fingerprint density at radius 2 is 2.06 bits per heavy atom. The molecule has 9 nitrogen and oxygen atoms in total. The number of halogens is 3. The van der Waals surface area contributed by atoms with Crippen LogP contribution < -0.4 is 16.0 Å². The highest BCUT2D eigenvalue weighted by Crippen LogP contribution is 2.46. The Hall–Kier alpha value is -3.15. The SMILES string of the molecule is CCn1cc(Nc2ncc(C(F)(F)F)c(N[C@H]3[C@@H](C(=O)NCCO)[C@@H]4C=C[C@H]3C4)n2)cn1. The zero-order valence-electron chi connectivity index (χ0n) is 17.3. The van der Waals surface area contributed by atoms with Gasteiger partial charge in [0.25, 0.3) is 0 Å². The largest absolute Gasteiger partial charge is 0.421 e. The molecule has 1 saturated carbocycles. The van der Waals surface area contributed by atoms with Gasteiger partial charge >= 0.3 is 6.18 Å². The number of nitrogens with zero attached hydrogens (tertiary/aromatic N) is 4. The zero-order valence-corrected chi connectivity index (χ0v) is 17.3. The Bertz CT molecular complexity index is 1010. The van der Waals surface area contributed by atoms with Crippen LogP contribution in [0.5, 0.6) is 0 Å². The summed E-state index contributed by atoms with van der Waals surface area (Å²) in [4.78, 5) is 20.5. The molecule has 2 aromatic rings. The molecule has 4 atom stereocenters. The first kappa shape index (κ1) is 22.1. The van der Waals surface area contributed by atoms with Crippen molar-refractivity contribution in [2.75, 3.05) is 23.8 Å². The average Bonchev–Trinajstić information content (AvgIpc) is 3.47. The molecule has 2 aromatic heterocycles. The number of fused-ring (bicyclic) bond motifs is 2. The van der Waals surface area contributed by atoms with Gasteiger partial charge < -0.3 is 21.1 Å². The van der Waals surface area contributed by atoms with Crippen LogP contribution in [-0.2, 0) is 17.5 Å². The van der Waals surface area contributed by atoms with Crippen LogP contribution in [0.2, 0.25) is 0 Å². The van der Waals surface area contributed by atoms with Crippen LogP contribution in [0, 0.1) is 17.8 Å². The van der Waals surface area contributed by atoms with E-state index in [4.69, 9.17) is 5.11 Å². The fourth-order valence-corrected chi connectivity index (χ4v) is 4.32. The van der Waals surface area contributed by atoms with Gasteiger partial charge in [0.15, 0.2) is 0 Å². The highest BCUT2D eigenvalue weighted by Gasteiger charge is 2.49. The zero-order chi connectivity index (χ0) is 22.9. The maximum atomic E-state index is 13.7. The molecular formula is C20H24F3N7O2. The molecule has 4 N–H and O–H groups in total. The highest BCUT2D eigenvalue weighted by molar-refractivity contribution is 5.81. The van der Waals surface area contributed by atoms with E-state index in [2.05, 4.69) is 31.0 Å². The van der Waals surface area contributed by atoms with Crippen LogP contribution in [-0.4, -0.2) is 50.0 Å². The smallest absolute Gasteiger partial charge is 0.395 e. The quantitative estimate of drug-likeness (QED) is 0.455. The second kappa shape index (κ2) is 8.77. The molecular weight excluding hydrogens is 427 g/mol. The molecule has 2 aliphatic rings. The molecule has 172 valence electrons. The van der Waals surface area contributed by atoms with Gasteiger partial charge in [0.1, 0.15) is 11.4 Å². The van der Waals surface area contributed by atoms with Crippen LogP contribution in [0.3, 0.4) is 0 Å². The van der Waals surface area contributed by atoms with E-state index in [9.17, 15) is 18.0 Å². The van der Waals surface area contributed by atoms with Gasteiger partial charge in [-0.05, 0) is 25.2 Å². The number of nitrogens with one attached hydrogen (secondary N) is 3. The minimum atomic E-state index is -4.67. The van der Waals surface area contributed by atoms with Crippen molar-refractivity contribution in [1.29, 1.82) is 0 Å². The number of allylic oxidation sites excluding steroid dienone is 1. The lowest BCUT2D eigenvalue weighted by atomic mass is 9.88. The van der Waals surface area contributed by atoms with Crippen molar-refractivity contribution >= 4 is 23.4 Å². The van der Waals surface area contributed by atoms with Crippen LogP contribution in [0.1, 0.15) is 18.9 Å². The molecule has 4 rings (SSSR count). The number of carbonyl (C=O) groups is 1. The van der Waals surface area contributed by atoms with E-state index in [0.29, 0.717) is 18.7 Å². The molecule has 0 aromatic carbocycles. The van der Waals surface area contributed by atoms with Crippen molar-refractivity contribution in [3.05, 3.63) is 36.3 Å². The first-order chi connectivity index (χ1) is 15.3. The summed E-state index contributed by atoms with van der Waals surface area (Å²) >= 11 is 0. The summed E-state index contributed by atoms with van der Waals surface area (Å²) in [6.45, 7) is 2.42. The second-order valence-corrected chi connectivity index (χ2v) is 7.82. The van der Waals surface area contributed by atoms with E-state index in [1.807, 2.05) is 19.1 Å². The summed E-state index contributed by atoms with van der Waals surface area (Å²) in [5.41, 5.74) is -0.463. The summed E-state index contributed by atoms with van der Waals surface area (Å²) < 4.78 is 42.7. The molecule has 0 radical (unpaired) electrons. The van der Waals surface area contributed by atoms with Gasteiger partial charge in [0.05, 0.1) is 24.4 Å². The van der Waals surface area contributed by atoms with Crippen molar-refractivity contribution < 1.29 is 23.1 Å². The van der Waals surface area contributed by atoms with Gasteiger partial charge in [-0.3, -0.25) is 9.48 Å². The maximum absolute atomic E-state index is 13.7. The van der Waals surface area contributed by atoms with Crippen molar-refractivity contribution in [2.45, 2.75) is 32.1 Å². The van der Waals surface area contributed by atoms with Gasteiger partial charge in [0, 0.05) is 31.5 Å². The Labute approximate surface area is 182 Å². The predicted octanol–water partition coefficient (Wildman–Crippen LogP) is 2.17. The van der Waals surface area contributed by atoms with E-state index in [0.717, 1.165) is 6.20 Å². The molecule has 0 saturated heterocycles. The van der Waals surface area contributed by atoms with Crippen molar-refractivity contribution in [3.63, 3.8) is 0 Å². The predicted molar refractivity (Wildman–Crippen MR) is 110 cm³/mol. The first-order valence-corrected chi connectivity index (χ1v) is 10.4. The number of carbonyl (C=O) groups excluding carboxylic acids is 1. The molecule has 12 heteroatoms. The molecule has 0 unspecified atom stereocenters. The Balaban J connectivity index is 1.61. The number of hydrogen-bond donors (Lipinski definition) is 4. The minimum Gasteiger partial charge on any atom is -0.395 e. The number of aryl methyl sites for hydroxylation is 1. The fourth-order valence-electron chi connectivity index (χ4n) is 4.32. The van der Waals surface area contributed by atoms with Crippen LogP contribution in [0.4, 0.5) is 30.6 Å². The molecule has 2 aliphatic carbocycles. The number of amides is 1. The van der Waals surface area contributed by atoms with Gasteiger partial charge in [-0.25, -0.2) is 4.98 Å². The van der Waals surface area contributed by atoms with E-state index in [-0.39, 0.29) is 42.7 Å². The molecule has 2 heterocycles. The van der Waals surface area contributed by atoms with Crippen molar-refractivity contribution in [2.24, 2.45) is 17.8 Å². The maximum Gasteiger partial charge on any atom is 0.421 e. The lowest BCUT2D eigenvalue weighted by molar-refractivity contribution is -0.137. The third kappa shape index (κ3) is 4.40. The number of alkyl halides is 3. The highest BCUT2D eigenvalue weighted by atomic mass is 19.4. The van der Waals surface area contributed by atoms with Gasteiger partial charge in [-0.1, -0.05) is 12.2 Å². The standard InChI is InChI=1S/C20H24F3N7O2/c1-2-30-10-13(8-26-30)27-19-25-9-14(20(21,22)23)17(29-19)28-16-12-4-3-11(7-12)15(16)18(32)24-5-6-31/h3-4,8-12,15-16,31H,2,5-7H2,1H3,(H,24,32)(H2,25,27,28,29)/t11-,12+,15+,16-/m1/s1. The monoisotopic (exact) mass is 451 g/mol. The summed E-state index contributed by atoms with van der Waals surface area (Å²) in [7, 11) is 0. The number of aromatic nitrogens is 4. The van der Waals surface area contributed by atoms with E-state index in [1.165, 1.54) is 6.20 Å². The van der Waals surface area contributed by atoms with Crippen molar-refractivity contribution in [1.82, 2.24) is 25.1 Å². The average molecular weight is 451 g/mol. The number of hydrogen-bond acceptors (Lipinski definition) is 7. The summed E-state index contributed by atoms with van der Waals surface area (Å²) in [5.74, 6) is -1.45. The molecule has 2 bridgehead atoms. The molecule has 1 fully saturated rings. The Morgan fingerprint density at radius 1 is 1.28 bits per heavy atom. The third-order valence-corrected chi connectivity index (χ3v) is 5.78. The van der Waals surface area contributed by atoms with Gasteiger partial charge in [-0.15, -0.1) is 0 Å². The number of aliphatic hydroxyl groups is 1. The lowest BCUT2D eigenvalue weighted by Gasteiger charge is -2.29. The van der Waals surface area contributed by atoms with Crippen molar-refractivity contribution in [3.8, 4) is 0 Å². The van der Waals surface area contributed by atoms with Gasteiger partial charge in [-0.2, -0.15) is 23.3 Å². The Kier molecular flexibility index (Phi) is 6.04. The minimum absolute atomic E-state index is 0.0175. The molecule has 1 amide bonds. The fraction of sp³-hybridized carbons (Fsp3) is 0.500. The number of aliphatic hydroxyl groups excluding tert-OH is 1. The summed E-state index contributed by atoms with van der Waals surface area (Å²) in [6.07, 6.45) is 3.79. The van der Waals surface area contributed by atoms with Crippen LogP contribution in [0.25, 0.3) is 0 Å². The van der Waals surface area contributed by atoms with Crippen LogP contribution >= 0.6 is 0 Å². The second-order valence-electron chi connectivity index (χ2n) is 7.82. The first-order valence-electron chi connectivity index (χ1n) is 10.4.